The highest BCUT2D eigenvalue weighted by Crippen LogP contribution is 2.32. The first-order valence-electron chi connectivity index (χ1n) is 9.63. The highest BCUT2D eigenvalue weighted by Gasteiger charge is 2.39. The maximum atomic E-state index is 14.4. The normalized spacial score (nSPS) is 18.8. The molecule has 1 heterocycles. The molecular weight excluding hydrogens is 368 g/mol. The molecule has 0 radical (unpaired) electrons. The van der Waals surface area contributed by atoms with Crippen LogP contribution in [-0.4, -0.2) is 45.7 Å². The van der Waals surface area contributed by atoms with E-state index in [4.69, 9.17) is 5.11 Å². The van der Waals surface area contributed by atoms with Crippen molar-refractivity contribution >= 4 is 11.9 Å². The molecule has 28 heavy (non-hydrogen) atoms. The number of halogens is 2. The van der Waals surface area contributed by atoms with Gasteiger partial charge in [0.2, 0.25) is 5.91 Å². The molecule has 154 valence electrons. The van der Waals surface area contributed by atoms with Gasteiger partial charge < -0.3 is 15.1 Å². The number of aliphatic hydroxyl groups excluding tert-OH is 1. The number of unbranched alkanes of at least 4 members (excludes halogenated alkanes) is 3. The van der Waals surface area contributed by atoms with Gasteiger partial charge in [-0.15, -0.1) is 0 Å². The van der Waals surface area contributed by atoms with E-state index in [0.717, 1.165) is 25.3 Å². The summed E-state index contributed by atoms with van der Waals surface area (Å²) in [6.45, 7) is 0.506. The molecule has 1 aromatic carbocycles. The molecule has 1 fully saturated rings. The Kier molecular flexibility index (Phi) is 8.11. The van der Waals surface area contributed by atoms with E-state index in [2.05, 4.69) is 0 Å². The van der Waals surface area contributed by atoms with Crippen LogP contribution in [0.4, 0.5) is 8.78 Å². The number of alkyl halides is 2. The number of aliphatic hydroxyl groups is 1. The number of carboxylic acids is 1. The Morgan fingerprint density at radius 3 is 2.57 bits per heavy atom. The summed E-state index contributed by atoms with van der Waals surface area (Å²) in [5.41, 5.74) is -0.257. The third kappa shape index (κ3) is 6.12. The average molecular weight is 395 g/mol. The summed E-state index contributed by atoms with van der Waals surface area (Å²) in [5.74, 6) is -4.25. The van der Waals surface area contributed by atoms with E-state index in [1.54, 1.807) is 11.0 Å². The zero-order chi connectivity index (χ0) is 20.6. The maximum absolute atomic E-state index is 14.4. The molecule has 1 aromatic rings. The van der Waals surface area contributed by atoms with Gasteiger partial charge in [0.15, 0.2) is 0 Å². The van der Waals surface area contributed by atoms with Gasteiger partial charge in [0.05, 0.1) is 6.04 Å². The summed E-state index contributed by atoms with van der Waals surface area (Å²) in [5, 5.41) is 18.6. The quantitative estimate of drug-likeness (QED) is 0.442. The number of carbonyl (C=O) groups excluding carboxylic acids is 1. The zero-order valence-electron chi connectivity index (χ0n) is 15.8. The van der Waals surface area contributed by atoms with Gasteiger partial charge in [-0.25, -0.2) is 0 Å². The van der Waals surface area contributed by atoms with Gasteiger partial charge in [0.1, 0.15) is 6.10 Å². The van der Waals surface area contributed by atoms with Crippen LogP contribution >= 0.6 is 0 Å². The van der Waals surface area contributed by atoms with Gasteiger partial charge in [-0.05, 0) is 19.3 Å². The molecule has 2 N–H and O–H groups in total. The number of carboxylic acid groups (broad SMARTS) is 1. The Labute approximate surface area is 163 Å². The van der Waals surface area contributed by atoms with Crippen LogP contribution in [0.15, 0.2) is 42.5 Å². The Balaban J connectivity index is 1.87. The fraction of sp³-hybridized carbons (Fsp3) is 0.524. The predicted molar refractivity (Wildman–Crippen MR) is 101 cm³/mol. The molecule has 0 aliphatic carbocycles. The van der Waals surface area contributed by atoms with Gasteiger partial charge in [-0.1, -0.05) is 55.3 Å². The van der Waals surface area contributed by atoms with Crippen LogP contribution in [0.25, 0.3) is 0 Å². The van der Waals surface area contributed by atoms with Gasteiger partial charge in [-0.2, -0.15) is 8.78 Å². The highest BCUT2D eigenvalue weighted by molar-refractivity contribution is 5.79. The van der Waals surface area contributed by atoms with Gasteiger partial charge in [0.25, 0.3) is 0 Å². The fourth-order valence-corrected chi connectivity index (χ4v) is 3.34. The van der Waals surface area contributed by atoms with Crippen LogP contribution in [-0.2, 0) is 15.5 Å². The molecule has 1 saturated heterocycles. The number of nitrogens with zero attached hydrogens (tertiary/aromatic N) is 1. The van der Waals surface area contributed by atoms with Crippen LogP contribution in [0.5, 0.6) is 0 Å². The third-order valence-electron chi connectivity index (χ3n) is 4.96. The molecule has 2 rings (SSSR count). The standard InChI is InChI=1S/C21H27F2NO4/c22-21(23,16-8-4-3-5-9-16)18(25)13-11-17-12-14-19(26)24(17)15-7-2-1-6-10-20(27)28/h3-5,8-9,11,13,17-18,25H,1-2,6-7,10,12,14-15H2,(H,27,28)/b13-11+/t17-,18+/m0/s1. The topological polar surface area (TPSA) is 77.8 Å². The smallest absolute Gasteiger partial charge is 0.303 e. The third-order valence-corrected chi connectivity index (χ3v) is 4.96. The lowest BCUT2D eigenvalue weighted by atomic mass is 10.0. The summed E-state index contributed by atoms with van der Waals surface area (Å²) >= 11 is 0. The van der Waals surface area contributed by atoms with Crippen molar-refractivity contribution in [2.24, 2.45) is 0 Å². The minimum Gasteiger partial charge on any atom is -0.481 e. The monoisotopic (exact) mass is 395 g/mol. The minimum absolute atomic E-state index is 0.0236. The first-order valence-corrected chi connectivity index (χ1v) is 9.63. The van der Waals surface area contributed by atoms with Crippen molar-refractivity contribution in [2.45, 2.75) is 63.0 Å². The van der Waals surface area contributed by atoms with Crippen LogP contribution < -0.4 is 0 Å². The van der Waals surface area contributed by atoms with Crippen LogP contribution in [0.1, 0.15) is 50.5 Å². The number of rotatable bonds is 11. The second kappa shape index (κ2) is 10.3. The van der Waals surface area contributed by atoms with Crippen molar-refractivity contribution in [2.75, 3.05) is 6.54 Å². The highest BCUT2D eigenvalue weighted by atomic mass is 19.3. The van der Waals surface area contributed by atoms with Gasteiger partial charge >= 0.3 is 11.9 Å². The number of hydrogen-bond acceptors (Lipinski definition) is 3. The van der Waals surface area contributed by atoms with Gasteiger partial charge in [0, 0.05) is 24.9 Å². The van der Waals surface area contributed by atoms with E-state index < -0.39 is 18.0 Å². The van der Waals surface area contributed by atoms with Crippen LogP contribution in [0.2, 0.25) is 0 Å². The van der Waals surface area contributed by atoms with Gasteiger partial charge in [-0.3, -0.25) is 9.59 Å². The summed E-state index contributed by atoms with van der Waals surface area (Å²) in [6, 6.07) is 6.86. The maximum Gasteiger partial charge on any atom is 0.303 e. The van der Waals surface area contributed by atoms with E-state index in [0.29, 0.717) is 25.8 Å². The minimum atomic E-state index is -3.41. The molecule has 0 aromatic heterocycles. The van der Waals surface area contributed by atoms with Crippen molar-refractivity contribution in [3.05, 3.63) is 48.0 Å². The molecule has 7 heteroatoms. The molecule has 0 spiro atoms. The van der Waals surface area contributed by atoms with Crippen LogP contribution in [0, 0.1) is 0 Å². The molecular formula is C21H27F2NO4. The van der Waals surface area contributed by atoms with Crippen molar-refractivity contribution < 1.29 is 28.6 Å². The Bertz CT molecular complexity index is 678. The number of carbonyl (C=O) groups is 2. The van der Waals surface area contributed by atoms with E-state index in [1.807, 2.05) is 0 Å². The van der Waals surface area contributed by atoms with Crippen molar-refractivity contribution in [3.63, 3.8) is 0 Å². The average Bonchev–Trinajstić information content (AvgIpc) is 3.02. The SMILES string of the molecule is O=C(O)CCCCCCN1C(=O)CC[C@@H]1/C=C/[C@@H](O)C(F)(F)c1ccccc1. The number of likely N-dealkylation sites (tertiary alicyclic amines) is 1. The molecule has 2 atom stereocenters. The lowest BCUT2D eigenvalue weighted by Gasteiger charge is -2.24. The lowest BCUT2D eigenvalue weighted by molar-refractivity contribution is -0.137. The molecule has 0 unspecified atom stereocenters. The summed E-state index contributed by atoms with van der Waals surface area (Å²) in [7, 11) is 0. The summed E-state index contributed by atoms with van der Waals surface area (Å²) in [6.07, 6.45) is 4.57. The second-order valence-electron chi connectivity index (χ2n) is 7.07. The van der Waals surface area contributed by atoms with Crippen molar-refractivity contribution in [3.8, 4) is 0 Å². The molecule has 1 aliphatic heterocycles. The number of benzene rings is 1. The van der Waals surface area contributed by atoms with E-state index in [1.165, 1.54) is 30.3 Å². The number of hydrogen-bond donors (Lipinski definition) is 2. The second-order valence-corrected chi connectivity index (χ2v) is 7.07. The Morgan fingerprint density at radius 1 is 1.21 bits per heavy atom. The summed E-state index contributed by atoms with van der Waals surface area (Å²) in [4.78, 5) is 24.2. The first-order chi connectivity index (χ1) is 13.3. The number of amides is 1. The Hall–Kier alpha value is -2.28. The van der Waals surface area contributed by atoms with E-state index in [-0.39, 0.29) is 23.9 Å². The molecule has 1 aliphatic rings. The lowest BCUT2D eigenvalue weighted by Crippen LogP contribution is -2.34. The largest absolute Gasteiger partial charge is 0.481 e. The van der Waals surface area contributed by atoms with Crippen LogP contribution in [0.3, 0.4) is 0 Å². The molecule has 0 saturated carbocycles. The summed E-state index contributed by atoms with van der Waals surface area (Å²) < 4.78 is 28.7. The Morgan fingerprint density at radius 2 is 1.89 bits per heavy atom. The number of aliphatic carboxylic acids is 1. The van der Waals surface area contributed by atoms with Crippen molar-refractivity contribution in [1.82, 2.24) is 4.90 Å². The predicted octanol–water partition coefficient (Wildman–Crippen LogP) is 3.72. The van der Waals surface area contributed by atoms with E-state index in [9.17, 15) is 23.5 Å². The fourth-order valence-electron chi connectivity index (χ4n) is 3.34. The first kappa shape index (κ1) is 22.0. The molecule has 1 amide bonds. The molecule has 0 bridgehead atoms. The van der Waals surface area contributed by atoms with Crippen molar-refractivity contribution in [1.29, 1.82) is 0 Å². The molecule has 5 nitrogen and oxygen atoms in total. The zero-order valence-corrected chi connectivity index (χ0v) is 15.8. The van der Waals surface area contributed by atoms with E-state index >= 15 is 0 Å².